The highest BCUT2D eigenvalue weighted by Crippen LogP contribution is 1.70. The Morgan fingerprint density at radius 3 is 1.20 bits per heavy atom. The quantitative estimate of drug-likeness (QED) is 0.513. The van der Waals surface area contributed by atoms with Crippen molar-refractivity contribution in [3.05, 3.63) is 0 Å². The second kappa shape index (κ2) is 22.7. The fraction of sp³-hybridized carbons (Fsp3) is 1.00. The molecule has 0 saturated heterocycles. The average molecular weight is 113 g/mol. The third kappa shape index (κ3) is 75.7. The molecule has 0 bridgehead atoms. The minimum atomic E-state index is 0. The number of hydrogen-bond donors (Lipinski definition) is 1. The molecule has 1 nitrogen and oxygen atoms in total. The molecule has 0 unspecified atom stereocenters. The van der Waals surface area contributed by atoms with E-state index in [0.717, 1.165) is 0 Å². The highest BCUT2D eigenvalue weighted by molar-refractivity contribution is 7.97. The van der Waals surface area contributed by atoms with E-state index in [2.05, 4.69) is 0 Å². The zero-order valence-corrected chi connectivity index (χ0v) is 5.43. The summed E-state index contributed by atoms with van der Waals surface area (Å²) in [6.45, 7) is 0. The molecule has 36 valence electrons. The lowest BCUT2D eigenvalue weighted by Gasteiger charge is -1.51. The van der Waals surface area contributed by atoms with Gasteiger partial charge in [-0.25, -0.2) is 0 Å². The van der Waals surface area contributed by atoms with E-state index in [1.807, 2.05) is 12.5 Å². The molecule has 0 fully saturated rings. The minimum absolute atomic E-state index is 0. The Morgan fingerprint density at radius 1 is 1.20 bits per heavy atom. The zero-order valence-electron chi connectivity index (χ0n) is 3.62. The third-order valence-corrected chi connectivity index (χ3v) is 0. The maximum Gasteiger partial charge on any atom is -0.0187 e. The van der Waals surface area contributed by atoms with Crippen LogP contribution in [0.1, 0.15) is 0 Å². The van der Waals surface area contributed by atoms with Gasteiger partial charge in [0.25, 0.3) is 0 Å². The van der Waals surface area contributed by atoms with Crippen LogP contribution in [0.2, 0.25) is 0 Å². The monoisotopic (exact) mass is 113 g/mol. The Morgan fingerprint density at radius 2 is 1.20 bits per heavy atom. The van der Waals surface area contributed by atoms with Gasteiger partial charge < -0.3 is 6.15 Å². The normalized spacial score (nSPS) is 3.60. The summed E-state index contributed by atoms with van der Waals surface area (Å²) in [5.41, 5.74) is 0. The predicted molar refractivity (Wildman–Crippen MR) is 34.8 cm³/mol. The lowest BCUT2D eigenvalue weighted by atomic mass is 11.9. The lowest BCUT2D eigenvalue weighted by molar-refractivity contribution is 2.13. The molecule has 0 heterocycles. The topological polar surface area (TPSA) is 35.0 Å². The van der Waals surface area contributed by atoms with Crippen molar-refractivity contribution >= 4 is 25.3 Å². The summed E-state index contributed by atoms with van der Waals surface area (Å²) in [6.07, 6.45) is 4.08. The van der Waals surface area contributed by atoms with E-state index >= 15 is 0 Å². The van der Waals surface area contributed by atoms with Crippen molar-refractivity contribution in [2.45, 2.75) is 0 Å². The number of rotatable bonds is 0. The molecule has 0 aromatic rings. The molecular weight excluding hydrogens is 102 g/mol. The summed E-state index contributed by atoms with van der Waals surface area (Å²) >= 11 is 1.75. The molecular formula is C2H11NS2. The van der Waals surface area contributed by atoms with Gasteiger partial charge >= 0.3 is 0 Å². The second-order valence-corrected chi connectivity index (χ2v) is 1.22. The van der Waals surface area contributed by atoms with Crippen molar-refractivity contribution in [2.75, 3.05) is 12.5 Å². The fourth-order valence-electron chi connectivity index (χ4n) is 0. The summed E-state index contributed by atoms with van der Waals surface area (Å²) < 4.78 is 0. The summed E-state index contributed by atoms with van der Waals surface area (Å²) in [7, 11) is 0. The van der Waals surface area contributed by atoms with Crippen molar-refractivity contribution < 1.29 is 0 Å². The third-order valence-electron chi connectivity index (χ3n) is 0. The Balaban J connectivity index is -0.0000000200. The Bertz CT molecular complexity index is 7.61. The van der Waals surface area contributed by atoms with Crippen LogP contribution < -0.4 is 6.15 Å². The van der Waals surface area contributed by atoms with E-state index in [9.17, 15) is 0 Å². The Labute approximate surface area is 44.6 Å². The SMILES string of the molecule is CSC.N.S. The molecule has 0 atom stereocenters. The van der Waals surface area contributed by atoms with Crippen LogP contribution in [0, 0.1) is 0 Å². The molecule has 0 aromatic heterocycles. The standard InChI is InChI=1S/C2H6S.H3N.H2S/c1-3-2;;/h1-2H3;1H3;1H2. The molecule has 0 aliphatic carbocycles. The predicted octanol–water partition coefficient (Wildman–Crippen LogP) is 1.25. The van der Waals surface area contributed by atoms with Crippen molar-refractivity contribution in [3.63, 3.8) is 0 Å². The van der Waals surface area contributed by atoms with Gasteiger partial charge in [0.1, 0.15) is 0 Å². The van der Waals surface area contributed by atoms with Crippen molar-refractivity contribution in [1.82, 2.24) is 6.15 Å². The Kier molecular flexibility index (Phi) is 78.7. The molecule has 5 heavy (non-hydrogen) atoms. The molecule has 0 aliphatic rings. The van der Waals surface area contributed by atoms with Crippen LogP contribution in [0.25, 0.3) is 0 Å². The number of thioether (sulfide) groups is 1. The summed E-state index contributed by atoms with van der Waals surface area (Å²) in [5.74, 6) is 0. The first-order valence-electron chi connectivity index (χ1n) is 0.816. The Hall–Kier alpha value is 0.660. The first-order chi connectivity index (χ1) is 1.41. The summed E-state index contributed by atoms with van der Waals surface area (Å²) in [5, 5.41) is 0. The van der Waals surface area contributed by atoms with Gasteiger partial charge in [0.2, 0.25) is 0 Å². The van der Waals surface area contributed by atoms with Crippen molar-refractivity contribution in [3.8, 4) is 0 Å². The van der Waals surface area contributed by atoms with Crippen LogP contribution in [-0.4, -0.2) is 12.5 Å². The molecule has 0 radical (unpaired) electrons. The van der Waals surface area contributed by atoms with Crippen LogP contribution in [-0.2, 0) is 0 Å². The number of hydrogen-bond acceptors (Lipinski definition) is 2. The van der Waals surface area contributed by atoms with Crippen LogP contribution >= 0.6 is 25.3 Å². The maximum atomic E-state index is 2.04. The fourth-order valence-corrected chi connectivity index (χ4v) is 0. The van der Waals surface area contributed by atoms with Gasteiger partial charge in [-0.15, -0.1) is 0 Å². The second-order valence-electron chi connectivity index (χ2n) is 0.408. The molecule has 0 saturated carbocycles. The van der Waals surface area contributed by atoms with Gasteiger partial charge in [-0.2, -0.15) is 25.3 Å². The van der Waals surface area contributed by atoms with Gasteiger partial charge in [0.15, 0.2) is 0 Å². The first-order valence-corrected chi connectivity index (χ1v) is 2.45. The van der Waals surface area contributed by atoms with E-state index in [-0.39, 0.29) is 19.6 Å². The molecule has 0 spiro atoms. The van der Waals surface area contributed by atoms with E-state index in [1.54, 1.807) is 11.8 Å². The van der Waals surface area contributed by atoms with Gasteiger partial charge in [-0.1, -0.05) is 0 Å². The molecule has 3 heteroatoms. The van der Waals surface area contributed by atoms with Crippen LogP contribution in [0.5, 0.6) is 0 Å². The van der Waals surface area contributed by atoms with E-state index in [1.165, 1.54) is 0 Å². The average Bonchev–Trinajstić information content (AvgIpc) is 0.918. The summed E-state index contributed by atoms with van der Waals surface area (Å²) in [4.78, 5) is 0. The van der Waals surface area contributed by atoms with Crippen LogP contribution in [0.4, 0.5) is 0 Å². The molecule has 3 N–H and O–H groups in total. The largest absolute Gasteiger partial charge is 0.344 e. The van der Waals surface area contributed by atoms with Crippen LogP contribution in [0.3, 0.4) is 0 Å². The van der Waals surface area contributed by atoms with Gasteiger partial charge in [-0.05, 0) is 12.5 Å². The molecule has 0 aliphatic heterocycles. The molecule has 0 rings (SSSR count). The lowest BCUT2D eigenvalue weighted by Crippen LogP contribution is -1.25. The van der Waals surface area contributed by atoms with Gasteiger partial charge in [-0.3, -0.25) is 0 Å². The van der Waals surface area contributed by atoms with E-state index in [4.69, 9.17) is 0 Å². The summed E-state index contributed by atoms with van der Waals surface area (Å²) in [6, 6.07) is 0. The maximum absolute atomic E-state index is 2.04. The zero-order chi connectivity index (χ0) is 2.71. The minimum Gasteiger partial charge on any atom is -0.344 e. The van der Waals surface area contributed by atoms with E-state index in [0.29, 0.717) is 0 Å². The first kappa shape index (κ1) is 17.4. The molecule has 0 aromatic carbocycles. The molecule has 0 amide bonds. The highest BCUT2D eigenvalue weighted by Gasteiger charge is 1.32. The van der Waals surface area contributed by atoms with Gasteiger partial charge in [0.05, 0.1) is 0 Å². The smallest absolute Gasteiger partial charge is 0.0187 e. The van der Waals surface area contributed by atoms with Gasteiger partial charge in [0, 0.05) is 0 Å². The van der Waals surface area contributed by atoms with E-state index < -0.39 is 0 Å². The highest BCUT2D eigenvalue weighted by atomic mass is 32.2. The van der Waals surface area contributed by atoms with Crippen LogP contribution in [0.15, 0.2) is 0 Å². The van der Waals surface area contributed by atoms with Crippen molar-refractivity contribution in [2.24, 2.45) is 0 Å². The van der Waals surface area contributed by atoms with Crippen molar-refractivity contribution in [1.29, 1.82) is 0 Å².